The Labute approximate surface area is 107 Å². The molecule has 0 spiro atoms. The molecule has 2 aromatic rings. The summed E-state index contributed by atoms with van der Waals surface area (Å²) in [5.74, 6) is 0. The van der Waals surface area contributed by atoms with Gasteiger partial charge in [-0.3, -0.25) is 4.79 Å². The van der Waals surface area contributed by atoms with Gasteiger partial charge in [0.05, 0.1) is 11.6 Å². The number of H-pyrrole nitrogens is 1. The molecule has 0 atom stereocenters. The fraction of sp³-hybridized carbons (Fsp3) is 0.500. The second kappa shape index (κ2) is 5.07. The van der Waals surface area contributed by atoms with Gasteiger partial charge in [0, 0.05) is 32.5 Å². The molecule has 0 fully saturated rings. The Bertz CT molecular complexity index is 583. The predicted octanol–water partition coefficient (Wildman–Crippen LogP) is 2.04. The van der Waals surface area contributed by atoms with Crippen LogP contribution in [0.15, 0.2) is 23.4 Å². The summed E-state index contributed by atoms with van der Waals surface area (Å²) in [6.07, 6.45) is 5.13. The Morgan fingerprint density at radius 3 is 2.89 bits per heavy atom. The van der Waals surface area contributed by atoms with Crippen molar-refractivity contribution in [3.63, 3.8) is 0 Å². The number of aromatic amines is 1. The summed E-state index contributed by atoms with van der Waals surface area (Å²) in [5, 5.41) is 5.57. The molecular formula is C12H19N3O2Si. The second-order valence-electron chi connectivity index (χ2n) is 5.62. The average molecular weight is 265 g/mol. The molecule has 0 amide bonds. The van der Waals surface area contributed by atoms with E-state index in [0.29, 0.717) is 12.0 Å². The zero-order valence-electron chi connectivity index (χ0n) is 11.1. The highest BCUT2D eigenvalue weighted by molar-refractivity contribution is 6.76. The summed E-state index contributed by atoms with van der Waals surface area (Å²) >= 11 is 0. The highest BCUT2D eigenvalue weighted by Crippen LogP contribution is 2.08. The molecule has 6 heteroatoms. The van der Waals surface area contributed by atoms with E-state index in [1.807, 2.05) is 0 Å². The average Bonchev–Trinajstić information content (AvgIpc) is 2.74. The third-order valence-corrected chi connectivity index (χ3v) is 4.49. The normalized spacial score (nSPS) is 12.2. The van der Waals surface area contributed by atoms with Gasteiger partial charge in [-0.25, -0.2) is 4.68 Å². The van der Waals surface area contributed by atoms with E-state index in [1.54, 1.807) is 18.6 Å². The van der Waals surface area contributed by atoms with E-state index in [1.165, 1.54) is 4.68 Å². The molecule has 1 N–H and O–H groups in total. The maximum atomic E-state index is 12.0. The predicted molar refractivity (Wildman–Crippen MR) is 74.5 cm³/mol. The number of aromatic nitrogens is 3. The standard InChI is InChI=1S/C12H19N3O2Si/c1-18(2,3)5-4-17-9-15-12(16)11-8-13-6-10(11)7-14-15/h6-8,13H,4-5,9H2,1-3H3. The molecule has 0 aromatic carbocycles. The van der Waals surface area contributed by atoms with Gasteiger partial charge in [-0.1, -0.05) is 19.6 Å². The van der Waals surface area contributed by atoms with Gasteiger partial charge in [0.15, 0.2) is 0 Å². The van der Waals surface area contributed by atoms with Crippen LogP contribution in [0.3, 0.4) is 0 Å². The van der Waals surface area contributed by atoms with Crippen molar-refractivity contribution in [1.29, 1.82) is 0 Å². The van der Waals surface area contributed by atoms with E-state index in [2.05, 4.69) is 29.7 Å². The molecule has 0 radical (unpaired) electrons. The third-order valence-electron chi connectivity index (χ3n) is 2.79. The van der Waals surface area contributed by atoms with Crippen molar-refractivity contribution in [2.45, 2.75) is 32.4 Å². The van der Waals surface area contributed by atoms with Crippen LogP contribution in [-0.2, 0) is 11.5 Å². The summed E-state index contributed by atoms with van der Waals surface area (Å²) in [7, 11) is -1.08. The lowest BCUT2D eigenvalue weighted by Crippen LogP contribution is -2.26. The zero-order valence-corrected chi connectivity index (χ0v) is 12.1. The number of rotatable bonds is 5. The van der Waals surface area contributed by atoms with Gasteiger partial charge in [-0.2, -0.15) is 5.10 Å². The highest BCUT2D eigenvalue weighted by Gasteiger charge is 2.12. The van der Waals surface area contributed by atoms with Crippen LogP contribution >= 0.6 is 0 Å². The van der Waals surface area contributed by atoms with Crippen LogP contribution in [0.5, 0.6) is 0 Å². The first-order valence-electron chi connectivity index (χ1n) is 6.08. The van der Waals surface area contributed by atoms with Crippen LogP contribution in [0.4, 0.5) is 0 Å². The van der Waals surface area contributed by atoms with Gasteiger partial charge in [-0.05, 0) is 6.04 Å². The number of hydrogen-bond acceptors (Lipinski definition) is 3. The third kappa shape index (κ3) is 3.08. The van der Waals surface area contributed by atoms with Crippen molar-refractivity contribution in [3.8, 4) is 0 Å². The number of ether oxygens (including phenoxy) is 1. The fourth-order valence-corrected chi connectivity index (χ4v) is 2.37. The molecule has 0 aliphatic heterocycles. The summed E-state index contributed by atoms with van der Waals surface area (Å²) in [6, 6.07) is 1.09. The van der Waals surface area contributed by atoms with E-state index in [4.69, 9.17) is 4.74 Å². The number of nitrogens with zero attached hydrogens (tertiary/aromatic N) is 2. The van der Waals surface area contributed by atoms with Crippen molar-refractivity contribution < 1.29 is 4.74 Å². The lowest BCUT2D eigenvalue weighted by molar-refractivity contribution is 0.0754. The van der Waals surface area contributed by atoms with Crippen LogP contribution in [-0.4, -0.2) is 29.4 Å². The summed E-state index contributed by atoms with van der Waals surface area (Å²) in [5.41, 5.74) is -0.109. The van der Waals surface area contributed by atoms with Gasteiger partial charge in [0.1, 0.15) is 6.73 Å². The summed E-state index contributed by atoms with van der Waals surface area (Å²) in [4.78, 5) is 14.9. The topological polar surface area (TPSA) is 59.9 Å². The maximum absolute atomic E-state index is 12.0. The lowest BCUT2D eigenvalue weighted by Gasteiger charge is -2.15. The van der Waals surface area contributed by atoms with Crippen molar-refractivity contribution >= 4 is 18.8 Å². The quantitative estimate of drug-likeness (QED) is 0.665. The van der Waals surface area contributed by atoms with Gasteiger partial charge < -0.3 is 9.72 Å². The Hall–Kier alpha value is -1.40. The van der Waals surface area contributed by atoms with Crippen molar-refractivity contribution in [1.82, 2.24) is 14.8 Å². The van der Waals surface area contributed by atoms with Crippen LogP contribution in [0.1, 0.15) is 0 Å². The Morgan fingerprint density at radius 2 is 2.17 bits per heavy atom. The second-order valence-corrected chi connectivity index (χ2v) is 11.2. The SMILES string of the molecule is C[Si](C)(C)CCOCn1ncc2c[nH]cc2c1=O. The molecule has 0 aliphatic carbocycles. The van der Waals surface area contributed by atoms with Crippen molar-refractivity contribution in [3.05, 3.63) is 28.9 Å². The Balaban J connectivity index is 2.00. The smallest absolute Gasteiger partial charge is 0.278 e. The van der Waals surface area contributed by atoms with E-state index < -0.39 is 8.07 Å². The molecule has 2 heterocycles. The molecule has 0 saturated heterocycles. The Kier molecular flexibility index (Phi) is 3.67. The molecule has 98 valence electrons. The highest BCUT2D eigenvalue weighted by atomic mass is 28.3. The first kappa shape index (κ1) is 13.0. The molecular weight excluding hydrogens is 246 g/mol. The molecule has 18 heavy (non-hydrogen) atoms. The van der Waals surface area contributed by atoms with Gasteiger partial charge in [0.2, 0.25) is 0 Å². The van der Waals surface area contributed by atoms with Crippen LogP contribution < -0.4 is 5.56 Å². The van der Waals surface area contributed by atoms with Crippen molar-refractivity contribution in [2.75, 3.05) is 6.61 Å². The van der Waals surface area contributed by atoms with Crippen LogP contribution in [0.2, 0.25) is 25.7 Å². The minimum Gasteiger partial charge on any atom is -0.366 e. The largest absolute Gasteiger partial charge is 0.366 e. The maximum Gasteiger partial charge on any atom is 0.278 e. The lowest BCUT2D eigenvalue weighted by atomic mass is 10.3. The molecule has 2 aromatic heterocycles. The molecule has 2 rings (SSSR count). The van der Waals surface area contributed by atoms with Crippen LogP contribution in [0.25, 0.3) is 10.8 Å². The number of nitrogens with one attached hydrogen (secondary N) is 1. The first-order chi connectivity index (χ1) is 8.47. The van der Waals surface area contributed by atoms with Gasteiger partial charge in [-0.15, -0.1) is 0 Å². The first-order valence-corrected chi connectivity index (χ1v) is 9.78. The van der Waals surface area contributed by atoms with E-state index >= 15 is 0 Å². The fourth-order valence-electron chi connectivity index (χ4n) is 1.61. The molecule has 5 nitrogen and oxygen atoms in total. The van der Waals surface area contributed by atoms with Gasteiger partial charge >= 0.3 is 0 Å². The minimum atomic E-state index is -1.08. The Morgan fingerprint density at radius 1 is 1.39 bits per heavy atom. The molecule has 0 bridgehead atoms. The summed E-state index contributed by atoms with van der Waals surface area (Å²) < 4.78 is 6.89. The number of fused-ring (bicyclic) bond motifs is 1. The van der Waals surface area contributed by atoms with E-state index in [-0.39, 0.29) is 12.3 Å². The van der Waals surface area contributed by atoms with Crippen LogP contribution in [0, 0.1) is 0 Å². The van der Waals surface area contributed by atoms with E-state index in [0.717, 1.165) is 11.4 Å². The zero-order chi connectivity index (χ0) is 13.2. The molecule has 0 unspecified atom stereocenters. The summed E-state index contributed by atoms with van der Waals surface area (Å²) in [6.45, 7) is 7.81. The van der Waals surface area contributed by atoms with Gasteiger partial charge in [0.25, 0.3) is 5.56 Å². The van der Waals surface area contributed by atoms with E-state index in [9.17, 15) is 4.79 Å². The molecule has 0 saturated carbocycles. The number of hydrogen-bond donors (Lipinski definition) is 1. The van der Waals surface area contributed by atoms with Crippen molar-refractivity contribution in [2.24, 2.45) is 0 Å². The molecule has 0 aliphatic rings. The minimum absolute atomic E-state index is 0.109. The monoisotopic (exact) mass is 265 g/mol.